The average molecular weight is 550 g/mol. The standard InChI is InChI=1S/C31H39N3O4S/c1-6-18-32-31(36)29(20-26-10-8-7-9-11-26)33(21-27-16-13-23(2)14-17-27)30(35)22-34(39(5,37)38)28-19-24(3)12-15-25(28)4/h7-17,19,29H,6,18,20-22H2,1-5H3,(H,32,36). The van der Waals surface area contributed by atoms with E-state index in [2.05, 4.69) is 5.32 Å². The smallest absolute Gasteiger partial charge is 0.244 e. The Labute approximate surface area is 232 Å². The van der Waals surface area contributed by atoms with Gasteiger partial charge in [-0.3, -0.25) is 13.9 Å². The first-order valence-corrected chi connectivity index (χ1v) is 15.1. The van der Waals surface area contributed by atoms with Gasteiger partial charge in [-0.05, 0) is 55.5 Å². The molecular formula is C31H39N3O4S. The molecule has 1 atom stereocenters. The van der Waals surface area contributed by atoms with Gasteiger partial charge in [-0.2, -0.15) is 0 Å². The average Bonchev–Trinajstić information content (AvgIpc) is 2.90. The molecule has 3 rings (SSSR count). The third-order valence-electron chi connectivity index (χ3n) is 6.61. The quantitative estimate of drug-likeness (QED) is 0.359. The van der Waals surface area contributed by atoms with Gasteiger partial charge in [-0.1, -0.05) is 79.2 Å². The van der Waals surface area contributed by atoms with Crippen LogP contribution in [0.1, 0.15) is 41.2 Å². The third-order valence-corrected chi connectivity index (χ3v) is 7.73. The van der Waals surface area contributed by atoms with Crippen LogP contribution in [0.25, 0.3) is 0 Å². The number of sulfonamides is 1. The lowest BCUT2D eigenvalue weighted by Crippen LogP contribution is -2.53. The maximum Gasteiger partial charge on any atom is 0.244 e. The zero-order valence-corrected chi connectivity index (χ0v) is 24.3. The van der Waals surface area contributed by atoms with Crippen LogP contribution in [-0.2, 0) is 32.6 Å². The Morgan fingerprint density at radius 3 is 2.13 bits per heavy atom. The summed E-state index contributed by atoms with van der Waals surface area (Å²) in [4.78, 5) is 29.1. The Hall–Kier alpha value is -3.65. The fraction of sp³-hybridized carbons (Fsp3) is 0.355. The van der Waals surface area contributed by atoms with Gasteiger partial charge in [0.1, 0.15) is 12.6 Å². The fourth-order valence-corrected chi connectivity index (χ4v) is 5.29. The van der Waals surface area contributed by atoms with Crippen molar-refractivity contribution in [1.29, 1.82) is 0 Å². The minimum atomic E-state index is -3.80. The molecule has 208 valence electrons. The molecule has 0 saturated heterocycles. The van der Waals surface area contributed by atoms with Gasteiger partial charge >= 0.3 is 0 Å². The molecule has 0 radical (unpaired) electrons. The summed E-state index contributed by atoms with van der Waals surface area (Å²) in [6, 6.07) is 22.0. The summed E-state index contributed by atoms with van der Waals surface area (Å²) in [5, 5.41) is 2.95. The monoisotopic (exact) mass is 549 g/mol. The lowest BCUT2D eigenvalue weighted by Gasteiger charge is -2.34. The molecule has 1 unspecified atom stereocenters. The molecule has 0 aromatic heterocycles. The number of carbonyl (C=O) groups excluding carboxylic acids is 2. The Kier molecular flexibility index (Phi) is 10.3. The number of amides is 2. The number of nitrogens with zero attached hydrogens (tertiary/aromatic N) is 2. The van der Waals surface area contributed by atoms with Crippen molar-refractivity contribution in [3.05, 3.63) is 101 Å². The van der Waals surface area contributed by atoms with E-state index in [1.807, 2.05) is 94.4 Å². The van der Waals surface area contributed by atoms with E-state index in [0.29, 0.717) is 18.7 Å². The first-order chi connectivity index (χ1) is 18.5. The van der Waals surface area contributed by atoms with Crippen molar-refractivity contribution >= 4 is 27.5 Å². The predicted molar refractivity (Wildman–Crippen MR) is 157 cm³/mol. The van der Waals surface area contributed by atoms with Gasteiger partial charge in [0.2, 0.25) is 21.8 Å². The van der Waals surface area contributed by atoms with E-state index in [4.69, 9.17) is 0 Å². The van der Waals surface area contributed by atoms with E-state index in [9.17, 15) is 18.0 Å². The summed E-state index contributed by atoms with van der Waals surface area (Å²) >= 11 is 0. The van der Waals surface area contributed by atoms with Crippen LogP contribution in [0.2, 0.25) is 0 Å². The zero-order valence-electron chi connectivity index (χ0n) is 23.5. The molecular weight excluding hydrogens is 510 g/mol. The molecule has 7 nitrogen and oxygen atoms in total. The van der Waals surface area contributed by atoms with Crippen molar-refractivity contribution in [3.8, 4) is 0 Å². The van der Waals surface area contributed by atoms with Crippen LogP contribution < -0.4 is 9.62 Å². The molecule has 39 heavy (non-hydrogen) atoms. The van der Waals surface area contributed by atoms with E-state index in [0.717, 1.165) is 44.8 Å². The molecule has 0 heterocycles. The van der Waals surface area contributed by atoms with Gasteiger partial charge in [0.15, 0.2) is 0 Å². The Balaban J connectivity index is 2.06. The largest absolute Gasteiger partial charge is 0.354 e. The molecule has 0 bridgehead atoms. The highest BCUT2D eigenvalue weighted by Gasteiger charge is 2.33. The fourth-order valence-electron chi connectivity index (χ4n) is 4.39. The Morgan fingerprint density at radius 1 is 0.872 bits per heavy atom. The highest BCUT2D eigenvalue weighted by molar-refractivity contribution is 7.92. The lowest BCUT2D eigenvalue weighted by atomic mass is 10.0. The first-order valence-electron chi connectivity index (χ1n) is 13.2. The third kappa shape index (κ3) is 8.42. The molecule has 0 aliphatic heterocycles. The molecule has 3 aromatic rings. The lowest BCUT2D eigenvalue weighted by molar-refractivity contribution is -0.140. The second-order valence-corrected chi connectivity index (χ2v) is 12.0. The number of anilines is 1. The van der Waals surface area contributed by atoms with Crippen molar-refractivity contribution in [3.63, 3.8) is 0 Å². The highest BCUT2D eigenvalue weighted by Crippen LogP contribution is 2.25. The number of hydrogen-bond acceptors (Lipinski definition) is 4. The summed E-state index contributed by atoms with van der Waals surface area (Å²) in [5.41, 5.74) is 4.92. The van der Waals surface area contributed by atoms with Crippen LogP contribution >= 0.6 is 0 Å². The number of nitrogens with one attached hydrogen (secondary N) is 1. The normalized spacial score (nSPS) is 12.0. The summed E-state index contributed by atoms with van der Waals surface area (Å²) in [6.07, 6.45) is 2.16. The van der Waals surface area contributed by atoms with Crippen LogP contribution in [0.4, 0.5) is 5.69 Å². The summed E-state index contributed by atoms with van der Waals surface area (Å²) < 4.78 is 27.1. The van der Waals surface area contributed by atoms with Gasteiger partial charge in [-0.15, -0.1) is 0 Å². The number of hydrogen-bond donors (Lipinski definition) is 1. The van der Waals surface area contributed by atoms with Crippen LogP contribution in [0, 0.1) is 20.8 Å². The Bertz CT molecular complexity index is 1370. The van der Waals surface area contributed by atoms with E-state index in [1.54, 1.807) is 6.07 Å². The maximum absolute atomic E-state index is 14.1. The van der Waals surface area contributed by atoms with Crippen LogP contribution in [0.5, 0.6) is 0 Å². The van der Waals surface area contributed by atoms with E-state index >= 15 is 0 Å². The molecule has 0 aliphatic carbocycles. The van der Waals surface area contributed by atoms with Crippen molar-refractivity contribution in [1.82, 2.24) is 10.2 Å². The SMILES string of the molecule is CCCNC(=O)C(Cc1ccccc1)N(Cc1ccc(C)cc1)C(=O)CN(c1cc(C)ccc1C)S(C)(=O)=O. The summed E-state index contributed by atoms with van der Waals surface area (Å²) in [6.45, 7) is 7.88. The summed E-state index contributed by atoms with van der Waals surface area (Å²) in [7, 11) is -3.80. The van der Waals surface area contributed by atoms with Crippen molar-refractivity contribution in [2.75, 3.05) is 23.7 Å². The van der Waals surface area contributed by atoms with Gasteiger partial charge in [0, 0.05) is 19.5 Å². The van der Waals surface area contributed by atoms with Crippen LogP contribution in [-0.4, -0.2) is 50.5 Å². The number of rotatable bonds is 12. The molecule has 0 spiro atoms. The van der Waals surface area contributed by atoms with Gasteiger partial charge < -0.3 is 10.2 Å². The van der Waals surface area contributed by atoms with Crippen LogP contribution in [0.3, 0.4) is 0 Å². The molecule has 0 saturated carbocycles. The van der Waals surface area contributed by atoms with Crippen LogP contribution in [0.15, 0.2) is 72.8 Å². The molecule has 3 aromatic carbocycles. The predicted octanol–water partition coefficient (Wildman–Crippen LogP) is 4.54. The highest BCUT2D eigenvalue weighted by atomic mass is 32.2. The van der Waals surface area contributed by atoms with Crippen molar-refractivity contribution in [2.45, 2.75) is 53.1 Å². The topological polar surface area (TPSA) is 86.8 Å². The van der Waals surface area contributed by atoms with Gasteiger partial charge in [-0.25, -0.2) is 8.42 Å². The molecule has 0 aliphatic rings. The summed E-state index contributed by atoms with van der Waals surface area (Å²) in [5.74, 6) is -0.715. The molecule has 8 heteroatoms. The molecule has 1 N–H and O–H groups in total. The zero-order chi connectivity index (χ0) is 28.6. The maximum atomic E-state index is 14.1. The minimum Gasteiger partial charge on any atom is -0.354 e. The van der Waals surface area contributed by atoms with E-state index < -0.39 is 28.5 Å². The number of carbonyl (C=O) groups is 2. The second kappa shape index (κ2) is 13.4. The minimum absolute atomic E-state index is 0.167. The Morgan fingerprint density at radius 2 is 1.51 bits per heavy atom. The van der Waals surface area contributed by atoms with Gasteiger partial charge in [0.25, 0.3) is 0 Å². The first kappa shape index (κ1) is 29.9. The van der Waals surface area contributed by atoms with Crippen molar-refractivity contribution < 1.29 is 18.0 Å². The second-order valence-electron chi connectivity index (χ2n) is 10.1. The number of benzene rings is 3. The van der Waals surface area contributed by atoms with E-state index in [-0.39, 0.29) is 12.5 Å². The van der Waals surface area contributed by atoms with Crippen molar-refractivity contribution in [2.24, 2.45) is 0 Å². The number of aryl methyl sites for hydroxylation is 3. The van der Waals surface area contributed by atoms with Gasteiger partial charge in [0.05, 0.1) is 11.9 Å². The van der Waals surface area contributed by atoms with E-state index in [1.165, 1.54) is 4.90 Å². The molecule has 0 fully saturated rings. The molecule has 2 amide bonds.